The van der Waals surface area contributed by atoms with Crippen molar-refractivity contribution in [2.75, 3.05) is 7.11 Å². The van der Waals surface area contributed by atoms with Crippen LogP contribution in [0.5, 0.6) is 5.88 Å². The van der Waals surface area contributed by atoms with Crippen molar-refractivity contribution in [2.45, 2.75) is 13.8 Å². The third-order valence-electron chi connectivity index (χ3n) is 3.18. The summed E-state index contributed by atoms with van der Waals surface area (Å²) in [5.74, 6) is 0.574. The largest absolute Gasteiger partial charge is 0.481 e. The van der Waals surface area contributed by atoms with Crippen molar-refractivity contribution in [1.29, 1.82) is 0 Å². The summed E-state index contributed by atoms with van der Waals surface area (Å²) < 4.78 is 7.77. The molecular weight excluding hydrogens is 270 g/mol. The number of aryl methyl sites for hydroxylation is 2. The van der Waals surface area contributed by atoms with Crippen LogP contribution in [0.25, 0.3) is 16.9 Å². The normalized spacial score (nSPS) is 10.9. The molecule has 3 aromatic rings. The van der Waals surface area contributed by atoms with Gasteiger partial charge in [-0.05, 0) is 55.4 Å². The van der Waals surface area contributed by atoms with E-state index in [4.69, 9.17) is 17.0 Å². The van der Waals surface area contributed by atoms with Crippen LogP contribution in [-0.2, 0) is 0 Å². The molecule has 2 heterocycles. The molecule has 0 amide bonds. The lowest BCUT2D eigenvalue weighted by Crippen LogP contribution is -1.98. The second-order valence-corrected chi connectivity index (χ2v) is 5.22. The van der Waals surface area contributed by atoms with E-state index in [9.17, 15) is 0 Å². The third-order valence-corrected chi connectivity index (χ3v) is 3.46. The van der Waals surface area contributed by atoms with Crippen LogP contribution in [0.15, 0.2) is 30.3 Å². The van der Waals surface area contributed by atoms with E-state index in [0.29, 0.717) is 10.7 Å². The van der Waals surface area contributed by atoms with Crippen LogP contribution >= 0.6 is 12.2 Å². The van der Waals surface area contributed by atoms with E-state index in [1.54, 1.807) is 7.11 Å². The molecule has 1 aromatic carbocycles. The molecule has 0 aliphatic rings. The SMILES string of the molecule is COc1ccc2[nH]c(=S)n(-c3cc(C)cc(C)c3)c2n1. The third kappa shape index (κ3) is 2.10. The molecule has 0 aliphatic carbocycles. The van der Waals surface area contributed by atoms with E-state index in [2.05, 4.69) is 42.0 Å². The number of aromatic nitrogens is 3. The van der Waals surface area contributed by atoms with Crippen LogP contribution in [0.2, 0.25) is 0 Å². The summed E-state index contributed by atoms with van der Waals surface area (Å²) in [6, 6.07) is 10.1. The summed E-state index contributed by atoms with van der Waals surface area (Å²) in [6.07, 6.45) is 0. The summed E-state index contributed by atoms with van der Waals surface area (Å²) in [7, 11) is 1.61. The van der Waals surface area contributed by atoms with Crippen LogP contribution in [0.1, 0.15) is 11.1 Å². The molecule has 3 rings (SSSR count). The highest BCUT2D eigenvalue weighted by Crippen LogP contribution is 2.22. The number of methoxy groups -OCH3 is 1. The van der Waals surface area contributed by atoms with Gasteiger partial charge in [-0.15, -0.1) is 0 Å². The van der Waals surface area contributed by atoms with Gasteiger partial charge < -0.3 is 9.72 Å². The minimum absolute atomic E-state index is 0.574. The predicted octanol–water partition coefficient (Wildman–Crippen LogP) is 3.71. The first-order valence-electron chi connectivity index (χ1n) is 6.33. The van der Waals surface area contributed by atoms with Gasteiger partial charge in [0.2, 0.25) is 5.88 Å². The van der Waals surface area contributed by atoms with E-state index < -0.39 is 0 Å². The minimum Gasteiger partial charge on any atom is -0.481 e. The van der Waals surface area contributed by atoms with Gasteiger partial charge in [-0.1, -0.05) is 6.07 Å². The number of benzene rings is 1. The summed E-state index contributed by atoms with van der Waals surface area (Å²) in [5.41, 5.74) is 5.08. The average molecular weight is 285 g/mol. The highest BCUT2D eigenvalue weighted by atomic mass is 32.1. The smallest absolute Gasteiger partial charge is 0.215 e. The molecule has 102 valence electrons. The molecule has 5 heteroatoms. The Balaban J connectivity index is 2.34. The molecule has 0 bridgehead atoms. The van der Waals surface area contributed by atoms with Crippen LogP contribution in [-0.4, -0.2) is 21.6 Å². The maximum absolute atomic E-state index is 5.43. The zero-order valence-corrected chi connectivity index (χ0v) is 12.4. The molecule has 0 atom stereocenters. The van der Waals surface area contributed by atoms with Gasteiger partial charge in [-0.25, -0.2) is 0 Å². The van der Waals surface area contributed by atoms with Crippen LogP contribution in [0.4, 0.5) is 0 Å². The first kappa shape index (κ1) is 12.9. The Labute approximate surface area is 122 Å². The lowest BCUT2D eigenvalue weighted by molar-refractivity contribution is 0.399. The van der Waals surface area contributed by atoms with E-state index in [0.717, 1.165) is 16.9 Å². The van der Waals surface area contributed by atoms with Crippen molar-refractivity contribution < 1.29 is 4.74 Å². The Morgan fingerprint density at radius 2 is 1.85 bits per heavy atom. The zero-order chi connectivity index (χ0) is 14.3. The number of nitrogens with one attached hydrogen (secondary N) is 1. The van der Waals surface area contributed by atoms with Crippen LogP contribution in [0, 0.1) is 18.6 Å². The average Bonchev–Trinajstić information content (AvgIpc) is 2.72. The van der Waals surface area contributed by atoms with Gasteiger partial charge in [0.25, 0.3) is 0 Å². The van der Waals surface area contributed by atoms with Gasteiger partial charge >= 0.3 is 0 Å². The molecule has 1 N–H and O–H groups in total. The molecule has 0 spiro atoms. The Kier molecular flexibility index (Phi) is 3.06. The molecule has 0 saturated carbocycles. The van der Waals surface area contributed by atoms with Crippen molar-refractivity contribution in [2.24, 2.45) is 0 Å². The molecule has 0 aliphatic heterocycles. The summed E-state index contributed by atoms with van der Waals surface area (Å²) >= 11 is 5.43. The van der Waals surface area contributed by atoms with Gasteiger partial charge in [0.05, 0.1) is 18.3 Å². The Morgan fingerprint density at radius 3 is 2.50 bits per heavy atom. The number of hydrogen-bond acceptors (Lipinski definition) is 3. The van der Waals surface area contributed by atoms with E-state index in [-0.39, 0.29) is 0 Å². The molecule has 2 aromatic heterocycles. The standard InChI is InChI=1S/C15H15N3OS/c1-9-6-10(2)8-11(7-9)18-14-12(16-15(18)20)4-5-13(17-14)19-3/h4-8H,1-3H3,(H,16,20). The van der Waals surface area contributed by atoms with Crippen LogP contribution in [0.3, 0.4) is 0 Å². The molecule has 0 radical (unpaired) electrons. The highest BCUT2D eigenvalue weighted by molar-refractivity contribution is 7.71. The molecule has 0 saturated heterocycles. The van der Waals surface area contributed by atoms with Gasteiger partial charge in [-0.3, -0.25) is 4.57 Å². The predicted molar refractivity (Wildman–Crippen MR) is 82.3 cm³/mol. The van der Waals surface area contributed by atoms with E-state index in [1.807, 2.05) is 16.7 Å². The van der Waals surface area contributed by atoms with Crippen molar-refractivity contribution >= 4 is 23.4 Å². The number of imidazole rings is 1. The molecule has 4 nitrogen and oxygen atoms in total. The van der Waals surface area contributed by atoms with Crippen molar-refractivity contribution in [1.82, 2.24) is 14.5 Å². The van der Waals surface area contributed by atoms with Crippen molar-refractivity contribution in [3.63, 3.8) is 0 Å². The Bertz CT molecular complexity index is 828. The number of fused-ring (bicyclic) bond motifs is 1. The highest BCUT2D eigenvalue weighted by Gasteiger charge is 2.10. The fourth-order valence-corrected chi connectivity index (χ4v) is 2.70. The molecule has 20 heavy (non-hydrogen) atoms. The lowest BCUT2D eigenvalue weighted by atomic mass is 10.1. The van der Waals surface area contributed by atoms with Gasteiger partial charge in [0, 0.05) is 6.07 Å². The number of ether oxygens (including phenoxy) is 1. The number of rotatable bonds is 2. The first-order chi connectivity index (χ1) is 9.58. The number of hydrogen-bond donors (Lipinski definition) is 1. The Hall–Kier alpha value is -2.14. The van der Waals surface area contributed by atoms with Gasteiger partial charge in [0.1, 0.15) is 0 Å². The van der Waals surface area contributed by atoms with Gasteiger partial charge in [0.15, 0.2) is 10.4 Å². The first-order valence-corrected chi connectivity index (χ1v) is 6.74. The zero-order valence-electron chi connectivity index (χ0n) is 11.6. The topological polar surface area (TPSA) is 42.8 Å². The minimum atomic E-state index is 0.574. The van der Waals surface area contributed by atoms with Crippen molar-refractivity contribution in [3.8, 4) is 11.6 Å². The molecular formula is C15H15N3OS. The van der Waals surface area contributed by atoms with Crippen LogP contribution < -0.4 is 4.74 Å². The number of nitrogens with zero attached hydrogens (tertiary/aromatic N) is 2. The van der Waals surface area contributed by atoms with E-state index >= 15 is 0 Å². The quantitative estimate of drug-likeness (QED) is 0.730. The molecule has 0 fully saturated rings. The monoisotopic (exact) mass is 285 g/mol. The second-order valence-electron chi connectivity index (χ2n) is 4.84. The fraction of sp³-hybridized carbons (Fsp3) is 0.200. The summed E-state index contributed by atoms with van der Waals surface area (Å²) in [6.45, 7) is 4.14. The number of aromatic amines is 1. The maximum atomic E-state index is 5.43. The second kappa shape index (κ2) is 4.76. The summed E-state index contributed by atoms with van der Waals surface area (Å²) in [4.78, 5) is 7.67. The lowest BCUT2D eigenvalue weighted by Gasteiger charge is -2.07. The van der Waals surface area contributed by atoms with Gasteiger partial charge in [-0.2, -0.15) is 4.98 Å². The summed E-state index contributed by atoms with van der Waals surface area (Å²) in [5, 5.41) is 0. The number of pyridine rings is 1. The number of H-pyrrole nitrogens is 1. The Morgan fingerprint density at radius 1 is 1.15 bits per heavy atom. The molecule has 0 unspecified atom stereocenters. The fourth-order valence-electron chi connectivity index (χ4n) is 2.40. The maximum Gasteiger partial charge on any atom is 0.215 e. The van der Waals surface area contributed by atoms with E-state index in [1.165, 1.54) is 11.1 Å². The van der Waals surface area contributed by atoms with Crippen molar-refractivity contribution in [3.05, 3.63) is 46.2 Å².